The van der Waals surface area contributed by atoms with Crippen LogP contribution in [0.2, 0.25) is 0 Å². The van der Waals surface area contributed by atoms with E-state index in [1.165, 1.54) is 6.07 Å². The van der Waals surface area contributed by atoms with Gasteiger partial charge in [0, 0.05) is 42.8 Å². The van der Waals surface area contributed by atoms with Crippen LogP contribution in [0.5, 0.6) is 0 Å². The van der Waals surface area contributed by atoms with Gasteiger partial charge >= 0.3 is 6.18 Å². The lowest BCUT2D eigenvalue weighted by Crippen LogP contribution is -2.49. The summed E-state index contributed by atoms with van der Waals surface area (Å²) >= 11 is 0. The van der Waals surface area contributed by atoms with Crippen LogP contribution in [0.25, 0.3) is 22.2 Å². The Morgan fingerprint density at radius 2 is 1.60 bits per heavy atom. The Morgan fingerprint density at radius 1 is 0.857 bits per heavy atom. The zero-order chi connectivity index (χ0) is 24.6. The molecular weight excluding hydrogens is 453 g/mol. The molecule has 0 radical (unpaired) electrons. The maximum atomic E-state index is 13.8. The number of hydrogen-bond donors (Lipinski definition) is 0. The average molecular weight is 477 g/mol. The van der Waals surface area contributed by atoms with Gasteiger partial charge in [-0.1, -0.05) is 48.0 Å². The van der Waals surface area contributed by atoms with Crippen molar-refractivity contribution in [3.05, 3.63) is 89.5 Å². The van der Waals surface area contributed by atoms with Crippen molar-refractivity contribution in [3.63, 3.8) is 0 Å². The normalized spacial score (nSPS) is 14.4. The standard InChI is InChI=1S/C27H23F3N4O/c1-18-10-11-23-22(16-18)24(25(32-31-23)19-6-3-2-4-7-19)26(35)34-14-12-33(13-15-34)21-9-5-8-20(17-21)27(28,29)30/h2-11,16-17H,12-15H2,1H3. The smallest absolute Gasteiger partial charge is 0.368 e. The van der Waals surface area contributed by atoms with E-state index in [-0.39, 0.29) is 5.91 Å². The molecule has 4 aromatic rings. The molecule has 1 fully saturated rings. The van der Waals surface area contributed by atoms with Gasteiger partial charge < -0.3 is 9.80 Å². The summed E-state index contributed by atoms with van der Waals surface area (Å²) in [5.74, 6) is -0.155. The number of hydrogen-bond acceptors (Lipinski definition) is 4. The molecule has 35 heavy (non-hydrogen) atoms. The van der Waals surface area contributed by atoms with Gasteiger partial charge in [-0.05, 0) is 37.3 Å². The highest BCUT2D eigenvalue weighted by Gasteiger charge is 2.32. The van der Waals surface area contributed by atoms with Crippen molar-refractivity contribution in [1.82, 2.24) is 15.1 Å². The third kappa shape index (κ3) is 4.56. The predicted octanol–water partition coefficient (Wildman–Crippen LogP) is 5.59. The molecule has 5 rings (SSSR count). The lowest BCUT2D eigenvalue weighted by molar-refractivity contribution is -0.137. The summed E-state index contributed by atoms with van der Waals surface area (Å²) in [4.78, 5) is 17.5. The third-order valence-electron chi connectivity index (χ3n) is 6.28. The number of rotatable bonds is 3. The van der Waals surface area contributed by atoms with Crippen LogP contribution in [0, 0.1) is 6.92 Å². The Balaban J connectivity index is 1.45. The number of halogens is 3. The molecule has 1 saturated heterocycles. The SMILES string of the molecule is Cc1ccc2nnc(-c3ccccc3)c(C(=O)N3CCN(c4cccc(C(F)(F)F)c4)CC3)c2c1. The Bertz CT molecular complexity index is 1380. The van der Waals surface area contributed by atoms with Crippen LogP contribution in [0.3, 0.4) is 0 Å². The summed E-state index contributed by atoms with van der Waals surface area (Å²) in [6.45, 7) is 3.61. The van der Waals surface area contributed by atoms with Gasteiger partial charge in [0.05, 0.1) is 16.6 Å². The average Bonchev–Trinajstić information content (AvgIpc) is 2.88. The second kappa shape index (κ2) is 9.02. The first kappa shape index (κ1) is 22.8. The fourth-order valence-corrected chi connectivity index (χ4v) is 4.44. The van der Waals surface area contributed by atoms with Crippen LogP contribution < -0.4 is 4.90 Å². The van der Waals surface area contributed by atoms with Gasteiger partial charge in [-0.25, -0.2) is 0 Å². The van der Waals surface area contributed by atoms with Crippen LogP contribution in [-0.2, 0) is 6.18 Å². The minimum absolute atomic E-state index is 0.155. The second-order valence-corrected chi connectivity index (χ2v) is 8.64. The fourth-order valence-electron chi connectivity index (χ4n) is 4.44. The maximum absolute atomic E-state index is 13.8. The summed E-state index contributed by atoms with van der Waals surface area (Å²) in [6.07, 6.45) is -4.39. The number of piperazine rings is 1. The van der Waals surface area contributed by atoms with Crippen molar-refractivity contribution in [2.45, 2.75) is 13.1 Å². The first-order valence-electron chi connectivity index (χ1n) is 11.4. The molecule has 1 aromatic heterocycles. The molecule has 1 aliphatic heterocycles. The summed E-state index contributed by atoms with van der Waals surface area (Å²) < 4.78 is 39.4. The van der Waals surface area contributed by atoms with E-state index in [1.807, 2.05) is 60.4 Å². The molecule has 0 spiro atoms. The van der Waals surface area contributed by atoms with Gasteiger partial charge in [0.1, 0.15) is 5.69 Å². The molecule has 1 amide bonds. The molecule has 3 aromatic carbocycles. The van der Waals surface area contributed by atoms with E-state index >= 15 is 0 Å². The first-order valence-corrected chi connectivity index (χ1v) is 11.4. The minimum Gasteiger partial charge on any atom is -0.368 e. The first-order chi connectivity index (χ1) is 16.8. The van der Waals surface area contributed by atoms with E-state index in [0.29, 0.717) is 48.6 Å². The monoisotopic (exact) mass is 476 g/mol. The van der Waals surface area contributed by atoms with Crippen LogP contribution in [0.15, 0.2) is 72.8 Å². The molecular formula is C27H23F3N4O. The number of aromatic nitrogens is 2. The number of benzene rings is 3. The molecule has 178 valence electrons. The van der Waals surface area contributed by atoms with E-state index < -0.39 is 11.7 Å². The number of amides is 1. The third-order valence-corrected chi connectivity index (χ3v) is 6.28. The highest BCUT2D eigenvalue weighted by atomic mass is 19.4. The van der Waals surface area contributed by atoms with Crippen molar-refractivity contribution >= 4 is 22.5 Å². The van der Waals surface area contributed by atoms with E-state index in [9.17, 15) is 18.0 Å². The van der Waals surface area contributed by atoms with E-state index in [1.54, 1.807) is 11.0 Å². The van der Waals surface area contributed by atoms with E-state index in [4.69, 9.17) is 0 Å². The highest BCUT2D eigenvalue weighted by molar-refractivity contribution is 6.10. The number of fused-ring (bicyclic) bond motifs is 1. The number of alkyl halides is 3. The Hall–Kier alpha value is -3.94. The van der Waals surface area contributed by atoms with Gasteiger partial charge in [-0.15, -0.1) is 10.2 Å². The topological polar surface area (TPSA) is 49.3 Å². The Morgan fingerprint density at radius 3 is 2.31 bits per heavy atom. The zero-order valence-electron chi connectivity index (χ0n) is 19.1. The number of carbonyl (C=O) groups excluding carboxylic acids is 1. The lowest BCUT2D eigenvalue weighted by atomic mass is 9.99. The van der Waals surface area contributed by atoms with Gasteiger partial charge in [0.15, 0.2) is 0 Å². The Kier molecular flexibility index (Phi) is 5.88. The zero-order valence-corrected chi connectivity index (χ0v) is 19.1. The summed E-state index contributed by atoms with van der Waals surface area (Å²) in [5, 5.41) is 9.49. The highest BCUT2D eigenvalue weighted by Crippen LogP contribution is 2.33. The van der Waals surface area contributed by atoms with Crippen molar-refractivity contribution in [2.24, 2.45) is 0 Å². The molecule has 0 N–H and O–H groups in total. The molecule has 0 aliphatic carbocycles. The molecule has 0 unspecified atom stereocenters. The molecule has 8 heteroatoms. The predicted molar refractivity (Wildman–Crippen MR) is 129 cm³/mol. The van der Waals surface area contributed by atoms with Crippen molar-refractivity contribution in [2.75, 3.05) is 31.1 Å². The molecule has 0 atom stereocenters. The molecule has 2 heterocycles. The number of carbonyl (C=O) groups is 1. The molecule has 0 bridgehead atoms. The van der Waals surface area contributed by atoms with E-state index in [2.05, 4.69) is 10.2 Å². The summed E-state index contributed by atoms with van der Waals surface area (Å²) in [5.41, 5.74) is 3.30. The van der Waals surface area contributed by atoms with Crippen LogP contribution in [0.1, 0.15) is 21.5 Å². The molecule has 1 aliphatic rings. The largest absolute Gasteiger partial charge is 0.416 e. The minimum atomic E-state index is -4.39. The van der Waals surface area contributed by atoms with Gasteiger partial charge in [-0.2, -0.15) is 13.2 Å². The lowest BCUT2D eigenvalue weighted by Gasteiger charge is -2.36. The van der Waals surface area contributed by atoms with Crippen molar-refractivity contribution < 1.29 is 18.0 Å². The quantitative estimate of drug-likeness (QED) is 0.387. The van der Waals surface area contributed by atoms with Crippen LogP contribution in [0.4, 0.5) is 18.9 Å². The van der Waals surface area contributed by atoms with Gasteiger partial charge in [-0.3, -0.25) is 4.79 Å². The van der Waals surface area contributed by atoms with E-state index in [0.717, 1.165) is 28.6 Å². The summed E-state index contributed by atoms with van der Waals surface area (Å²) in [6, 6.07) is 20.5. The van der Waals surface area contributed by atoms with Crippen LogP contribution in [-0.4, -0.2) is 47.2 Å². The van der Waals surface area contributed by atoms with Gasteiger partial charge in [0.25, 0.3) is 5.91 Å². The molecule has 0 saturated carbocycles. The second-order valence-electron chi connectivity index (χ2n) is 8.64. The number of anilines is 1. The van der Waals surface area contributed by atoms with Crippen molar-refractivity contribution in [1.29, 1.82) is 0 Å². The fraction of sp³-hybridized carbons (Fsp3) is 0.222. The van der Waals surface area contributed by atoms with Crippen molar-refractivity contribution in [3.8, 4) is 11.3 Å². The van der Waals surface area contributed by atoms with Crippen LogP contribution >= 0.6 is 0 Å². The van der Waals surface area contributed by atoms with Gasteiger partial charge in [0.2, 0.25) is 0 Å². The maximum Gasteiger partial charge on any atom is 0.416 e. The summed E-state index contributed by atoms with van der Waals surface area (Å²) in [7, 11) is 0. The number of nitrogens with zero attached hydrogens (tertiary/aromatic N) is 4. The Labute approximate surface area is 200 Å². The number of aryl methyl sites for hydroxylation is 1. The molecule has 5 nitrogen and oxygen atoms in total.